The van der Waals surface area contributed by atoms with Crippen LogP contribution in [-0.2, 0) is 10.0 Å². The highest BCUT2D eigenvalue weighted by atomic mass is 32.2. The van der Waals surface area contributed by atoms with Gasteiger partial charge in [-0.3, -0.25) is 9.82 Å². The van der Waals surface area contributed by atoms with Crippen LogP contribution in [0.2, 0.25) is 0 Å². The first-order valence-electron chi connectivity index (χ1n) is 5.15. The van der Waals surface area contributed by atoms with E-state index in [-0.39, 0.29) is 10.7 Å². The third-order valence-electron chi connectivity index (χ3n) is 2.46. The molecule has 0 unspecified atom stereocenters. The predicted octanol–water partition coefficient (Wildman–Crippen LogP) is 0.805. The van der Waals surface area contributed by atoms with Gasteiger partial charge in [0.25, 0.3) is 10.0 Å². The van der Waals surface area contributed by atoms with Crippen LogP contribution in [0.1, 0.15) is 11.3 Å². The molecular weight excluding hydrogens is 254 g/mol. The molecule has 0 aromatic carbocycles. The summed E-state index contributed by atoms with van der Waals surface area (Å²) in [5.74, 6) is 0.224. The lowest BCUT2D eigenvalue weighted by atomic mass is 10.2. The number of nitrogens with zero attached hydrogens (tertiary/aromatic N) is 2. The van der Waals surface area contributed by atoms with E-state index in [0.717, 1.165) is 5.56 Å². The Labute approximate surface area is 104 Å². The van der Waals surface area contributed by atoms with E-state index in [9.17, 15) is 8.42 Å². The fraction of sp³-hybridized carbons (Fsp3) is 0.200. The van der Waals surface area contributed by atoms with Crippen LogP contribution in [0.15, 0.2) is 23.4 Å². The molecule has 4 N–H and O–H groups in total. The number of nitrogen functional groups attached to an aromatic ring is 1. The number of nitrogens with one attached hydrogen (secondary N) is 2. The molecule has 0 saturated carbocycles. The van der Waals surface area contributed by atoms with Gasteiger partial charge in [0, 0.05) is 0 Å². The number of sulfonamides is 1. The Morgan fingerprint density at radius 3 is 2.61 bits per heavy atom. The third-order valence-corrected chi connectivity index (χ3v) is 3.93. The quantitative estimate of drug-likeness (QED) is 0.761. The monoisotopic (exact) mass is 267 g/mol. The molecule has 0 aliphatic rings. The molecule has 0 spiro atoms. The highest BCUT2D eigenvalue weighted by molar-refractivity contribution is 7.92. The van der Waals surface area contributed by atoms with E-state index in [2.05, 4.69) is 19.9 Å². The number of nitrogens with two attached hydrogens (primary N) is 1. The topological polar surface area (TPSA) is 114 Å². The van der Waals surface area contributed by atoms with Gasteiger partial charge in [0.05, 0.1) is 23.8 Å². The second-order valence-electron chi connectivity index (χ2n) is 3.89. The lowest BCUT2D eigenvalue weighted by Gasteiger charge is -2.07. The normalized spacial score (nSPS) is 11.4. The van der Waals surface area contributed by atoms with E-state index in [1.807, 2.05) is 0 Å². The van der Waals surface area contributed by atoms with Gasteiger partial charge in [0.1, 0.15) is 10.7 Å². The van der Waals surface area contributed by atoms with Crippen molar-refractivity contribution in [1.29, 1.82) is 0 Å². The van der Waals surface area contributed by atoms with E-state index >= 15 is 0 Å². The maximum atomic E-state index is 12.0. The van der Waals surface area contributed by atoms with Crippen LogP contribution in [-0.4, -0.2) is 23.6 Å². The minimum atomic E-state index is -3.68. The van der Waals surface area contributed by atoms with Crippen LogP contribution in [0.4, 0.5) is 11.5 Å². The molecule has 2 rings (SSSR count). The summed E-state index contributed by atoms with van der Waals surface area (Å²) in [5, 5.41) is 6.25. The standard InChI is InChI=1S/C10H13N5O2S/c1-6-3-10(12-4-8(6)11)15-18(16,17)9-5-13-14-7(9)2/h3-5H,11H2,1-2H3,(H,12,15)(H,13,14). The maximum absolute atomic E-state index is 12.0. The largest absolute Gasteiger partial charge is 0.397 e. The molecule has 0 aliphatic carbocycles. The van der Waals surface area contributed by atoms with Crippen molar-refractivity contribution >= 4 is 21.5 Å². The number of anilines is 2. The van der Waals surface area contributed by atoms with Gasteiger partial charge < -0.3 is 5.73 Å². The fourth-order valence-corrected chi connectivity index (χ4v) is 2.56. The number of aromatic nitrogens is 3. The zero-order chi connectivity index (χ0) is 13.3. The summed E-state index contributed by atoms with van der Waals surface area (Å²) in [6, 6.07) is 1.57. The molecule has 0 saturated heterocycles. The Balaban J connectivity index is 2.34. The van der Waals surface area contributed by atoms with E-state index in [4.69, 9.17) is 5.73 Å². The highest BCUT2D eigenvalue weighted by Gasteiger charge is 2.19. The van der Waals surface area contributed by atoms with Crippen molar-refractivity contribution in [2.45, 2.75) is 18.7 Å². The van der Waals surface area contributed by atoms with Crippen LogP contribution in [0, 0.1) is 13.8 Å². The number of hydrogen-bond acceptors (Lipinski definition) is 5. The molecule has 8 heteroatoms. The molecule has 0 atom stereocenters. The molecule has 0 amide bonds. The molecule has 7 nitrogen and oxygen atoms in total. The Morgan fingerprint density at radius 2 is 2.06 bits per heavy atom. The Kier molecular flexibility index (Phi) is 2.95. The summed E-state index contributed by atoms with van der Waals surface area (Å²) in [4.78, 5) is 4.01. The number of H-pyrrole nitrogens is 1. The molecule has 18 heavy (non-hydrogen) atoms. The lowest BCUT2D eigenvalue weighted by Crippen LogP contribution is -2.14. The van der Waals surface area contributed by atoms with E-state index in [1.165, 1.54) is 12.4 Å². The van der Waals surface area contributed by atoms with Crippen LogP contribution in [0.5, 0.6) is 0 Å². The predicted molar refractivity (Wildman–Crippen MR) is 67.5 cm³/mol. The Bertz CT molecular complexity index is 677. The van der Waals surface area contributed by atoms with E-state index in [1.54, 1.807) is 19.9 Å². The first kappa shape index (κ1) is 12.4. The summed E-state index contributed by atoms with van der Waals surface area (Å²) in [5.41, 5.74) is 7.35. The molecule has 0 fully saturated rings. The van der Waals surface area contributed by atoms with Gasteiger partial charge in [0.15, 0.2) is 0 Å². The summed E-state index contributed by atoms with van der Waals surface area (Å²) in [6.07, 6.45) is 2.66. The molecule has 0 bridgehead atoms. The molecule has 2 heterocycles. The summed E-state index contributed by atoms with van der Waals surface area (Å²) < 4.78 is 26.4. The highest BCUT2D eigenvalue weighted by Crippen LogP contribution is 2.18. The smallest absolute Gasteiger partial charge is 0.266 e. The number of hydrogen-bond donors (Lipinski definition) is 3. The zero-order valence-corrected chi connectivity index (χ0v) is 10.7. The fourth-order valence-electron chi connectivity index (χ4n) is 1.43. The summed E-state index contributed by atoms with van der Waals surface area (Å²) in [6.45, 7) is 3.40. The average Bonchev–Trinajstić information content (AvgIpc) is 2.70. The number of rotatable bonds is 3. The molecule has 0 aliphatic heterocycles. The number of aromatic amines is 1. The second-order valence-corrected chi connectivity index (χ2v) is 5.54. The second kappa shape index (κ2) is 4.30. The van der Waals surface area contributed by atoms with Crippen LogP contribution >= 0.6 is 0 Å². The average molecular weight is 267 g/mol. The van der Waals surface area contributed by atoms with Gasteiger partial charge in [-0.05, 0) is 25.5 Å². The maximum Gasteiger partial charge on any atom is 0.266 e. The number of pyridine rings is 1. The lowest BCUT2D eigenvalue weighted by molar-refractivity contribution is 0.600. The van der Waals surface area contributed by atoms with Crippen molar-refractivity contribution in [2.24, 2.45) is 0 Å². The third kappa shape index (κ3) is 2.28. The van der Waals surface area contributed by atoms with Gasteiger partial charge in [-0.15, -0.1) is 0 Å². The van der Waals surface area contributed by atoms with Gasteiger partial charge in [0.2, 0.25) is 0 Å². The first-order chi connectivity index (χ1) is 8.40. The Hall–Kier alpha value is -2.09. The first-order valence-corrected chi connectivity index (χ1v) is 6.63. The SMILES string of the molecule is Cc1cc(NS(=O)(=O)c2cn[nH]c2C)ncc1N. The van der Waals surface area contributed by atoms with Crippen molar-refractivity contribution in [2.75, 3.05) is 10.5 Å². The molecule has 2 aromatic rings. The van der Waals surface area contributed by atoms with Crippen molar-refractivity contribution in [1.82, 2.24) is 15.2 Å². The van der Waals surface area contributed by atoms with E-state index in [0.29, 0.717) is 11.4 Å². The van der Waals surface area contributed by atoms with Crippen LogP contribution < -0.4 is 10.5 Å². The van der Waals surface area contributed by atoms with Gasteiger partial charge in [-0.2, -0.15) is 5.10 Å². The van der Waals surface area contributed by atoms with Crippen LogP contribution in [0.25, 0.3) is 0 Å². The Morgan fingerprint density at radius 1 is 1.33 bits per heavy atom. The zero-order valence-electron chi connectivity index (χ0n) is 9.93. The van der Waals surface area contributed by atoms with E-state index < -0.39 is 10.0 Å². The summed E-state index contributed by atoms with van der Waals surface area (Å²) >= 11 is 0. The van der Waals surface area contributed by atoms with Gasteiger partial charge >= 0.3 is 0 Å². The van der Waals surface area contributed by atoms with Gasteiger partial charge in [-0.1, -0.05) is 0 Å². The minimum Gasteiger partial charge on any atom is -0.397 e. The molecule has 2 aromatic heterocycles. The molecule has 0 radical (unpaired) electrons. The van der Waals surface area contributed by atoms with Crippen molar-refractivity contribution in [3.05, 3.63) is 29.7 Å². The van der Waals surface area contributed by atoms with Crippen molar-refractivity contribution < 1.29 is 8.42 Å². The van der Waals surface area contributed by atoms with Crippen molar-refractivity contribution in [3.63, 3.8) is 0 Å². The van der Waals surface area contributed by atoms with Gasteiger partial charge in [-0.25, -0.2) is 13.4 Å². The van der Waals surface area contributed by atoms with Crippen molar-refractivity contribution in [3.8, 4) is 0 Å². The summed E-state index contributed by atoms with van der Waals surface area (Å²) in [7, 11) is -3.68. The van der Waals surface area contributed by atoms with Crippen LogP contribution in [0.3, 0.4) is 0 Å². The molecular formula is C10H13N5O2S. The minimum absolute atomic E-state index is 0.0961. The molecule has 96 valence electrons. The number of aryl methyl sites for hydroxylation is 2.